The maximum absolute atomic E-state index is 9.36. The summed E-state index contributed by atoms with van der Waals surface area (Å²) in [6.07, 6.45) is 0.883. The number of hydrogen-bond donors (Lipinski definition) is 1. The molecule has 0 aromatic carbocycles. The van der Waals surface area contributed by atoms with Crippen LogP contribution in [0.4, 0.5) is 0 Å². The van der Waals surface area contributed by atoms with Crippen molar-refractivity contribution < 1.29 is 9.22 Å². The smallest absolute Gasteiger partial charge is 0.190 e. The van der Waals surface area contributed by atoms with Gasteiger partial charge in [0.05, 0.1) is 5.60 Å². The molecule has 4 heteroatoms. The molecule has 0 aliphatic heterocycles. The third-order valence-corrected chi connectivity index (χ3v) is 5.09. The first-order chi connectivity index (χ1) is 4.92. The normalized spacial score (nSPS) is 13.6. The van der Waals surface area contributed by atoms with Crippen molar-refractivity contribution in [2.24, 2.45) is 0 Å². The van der Waals surface area contributed by atoms with Gasteiger partial charge in [-0.25, -0.2) is 0 Å². The molecule has 0 saturated heterocycles. The van der Waals surface area contributed by atoms with Crippen LogP contribution in [0.2, 0.25) is 19.1 Å². The van der Waals surface area contributed by atoms with E-state index >= 15 is 0 Å². The first-order valence-electron chi connectivity index (χ1n) is 4.07. The second-order valence-corrected chi connectivity index (χ2v) is 7.76. The van der Waals surface area contributed by atoms with Gasteiger partial charge in [-0.1, -0.05) is 0 Å². The third kappa shape index (κ3) is 10.4. The first kappa shape index (κ1) is 11.4. The van der Waals surface area contributed by atoms with Gasteiger partial charge < -0.3 is 9.22 Å². The fourth-order valence-corrected chi connectivity index (χ4v) is 4.00. The Morgan fingerprint density at radius 1 is 1.45 bits per heavy atom. The Hall–Kier alpha value is 0.354. The van der Waals surface area contributed by atoms with Crippen LogP contribution in [0.15, 0.2) is 0 Å². The van der Waals surface area contributed by atoms with Crippen LogP contribution < -0.4 is 0 Å². The number of rotatable bonds is 5. The highest BCUT2D eigenvalue weighted by molar-refractivity contribution is 6.56. The summed E-state index contributed by atoms with van der Waals surface area (Å²) < 4.78 is 5.57. The summed E-state index contributed by atoms with van der Waals surface area (Å²) >= 11 is 0. The topological polar surface area (TPSA) is 29.5 Å². The molecule has 0 spiro atoms. The van der Waals surface area contributed by atoms with E-state index in [2.05, 4.69) is 13.1 Å². The van der Waals surface area contributed by atoms with Crippen molar-refractivity contribution in [1.29, 1.82) is 0 Å². The van der Waals surface area contributed by atoms with Crippen LogP contribution in [-0.2, 0) is 4.12 Å². The lowest BCUT2D eigenvalue weighted by atomic mass is 10.1. The third-order valence-electron chi connectivity index (χ3n) is 1.32. The molecule has 0 aromatic rings. The van der Waals surface area contributed by atoms with Gasteiger partial charge in [-0.05, 0) is 39.4 Å². The Kier molecular flexibility index (Phi) is 5.24. The molecule has 0 amide bonds. The SMILES string of the molecule is C[Si](C)O[SiH2]CCC(C)(C)O. The van der Waals surface area contributed by atoms with Gasteiger partial charge in [-0.15, -0.1) is 0 Å². The van der Waals surface area contributed by atoms with E-state index in [1.165, 1.54) is 0 Å². The van der Waals surface area contributed by atoms with Crippen LogP contribution in [0.1, 0.15) is 20.3 Å². The van der Waals surface area contributed by atoms with Crippen molar-refractivity contribution in [3.8, 4) is 0 Å². The van der Waals surface area contributed by atoms with Gasteiger partial charge in [0, 0.05) is 0 Å². The number of aliphatic hydroxyl groups is 1. The van der Waals surface area contributed by atoms with Gasteiger partial charge >= 0.3 is 0 Å². The predicted octanol–water partition coefficient (Wildman–Crippen LogP) is 0.917. The van der Waals surface area contributed by atoms with E-state index in [4.69, 9.17) is 4.12 Å². The molecule has 1 radical (unpaired) electrons. The Balaban J connectivity index is 3.15. The zero-order chi connectivity index (χ0) is 8.91. The highest BCUT2D eigenvalue weighted by Gasteiger charge is 2.11. The van der Waals surface area contributed by atoms with Crippen molar-refractivity contribution >= 4 is 18.8 Å². The maximum atomic E-state index is 9.36. The minimum absolute atomic E-state index is 0.331. The molecule has 0 aliphatic carbocycles. The van der Waals surface area contributed by atoms with Crippen molar-refractivity contribution in [3.63, 3.8) is 0 Å². The largest absolute Gasteiger partial charge is 0.461 e. The average molecular weight is 191 g/mol. The first-order valence-corrected chi connectivity index (χ1v) is 8.06. The zero-order valence-corrected chi connectivity index (χ0v) is 10.4. The van der Waals surface area contributed by atoms with Crippen LogP contribution >= 0.6 is 0 Å². The zero-order valence-electron chi connectivity index (χ0n) is 7.98. The quantitative estimate of drug-likeness (QED) is 0.517. The molecule has 11 heavy (non-hydrogen) atoms. The van der Waals surface area contributed by atoms with Gasteiger partial charge in [0.25, 0.3) is 0 Å². The van der Waals surface area contributed by atoms with E-state index in [1.807, 2.05) is 13.8 Å². The lowest BCUT2D eigenvalue weighted by Gasteiger charge is -2.16. The molecule has 67 valence electrons. The fourth-order valence-electron chi connectivity index (χ4n) is 0.781. The van der Waals surface area contributed by atoms with E-state index in [9.17, 15) is 5.11 Å². The minimum Gasteiger partial charge on any atom is -0.461 e. The Morgan fingerprint density at radius 3 is 2.36 bits per heavy atom. The van der Waals surface area contributed by atoms with Crippen molar-refractivity contribution in [3.05, 3.63) is 0 Å². The van der Waals surface area contributed by atoms with Gasteiger partial charge in [0.15, 0.2) is 9.04 Å². The molecule has 1 N–H and O–H groups in total. The number of hydrogen-bond acceptors (Lipinski definition) is 2. The Bertz CT molecular complexity index is 99.1. The second-order valence-electron chi connectivity index (χ2n) is 3.67. The maximum Gasteiger partial charge on any atom is 0.190 e. The lowest BCUT2D eigenvalue weighted by molar-refractivity contribution is 0.0760. The van der Waals surface area contributed by atoms with Crippen molar-refractivity contribution in [2.75, 3.05) is 0 Å². The van der Waals surface area contributed by atoms with Gasteiger partial charge in [0.2, 0.25) is 0 Å². The molecule has 2 nitrogen and oxygen atoms in total. The molecule has 0 heterocycles. The summed E-state index contributed by atoms with van der Waals surface area (Å²) in [5, 5.41) is 9.36. The monoisotopic (exact) mass is 191 g/mol. The molecule has 0 aliphatic rings. The predicted molar refractivity (Wildman–Crippen MR) is 52.8 cm³/mol. The van der Waals surface area contributed by atoms with E-state index in [1.54, 1.807) is 0 Å². The van der Waals surface area contributed by atoms with Gasteiger partial charge in [-0.3, -0.25) is 0 Å². The summed E-state index contributed by atoms with van der Waals surface area (Å²) in [4.78, 5) is 0. The molecule has 0 rings (SSSR count). The highest BCUT2D eigenvalue weighted by Crippen LogP contribution is 2.09. The average Bonchev–Trinajstić information content (AvgIpc) is 1.78. The standard InChI is InChI=1S/C7H19O2Si2/c1-7(2,8)5-6-10-9-11(3)4/h8H,5-6,10H2,1-4H3. The van der Waals surface area contributed by atoms with Crippen LogP contribution in [0.25, 0.3) is 0 Å². The fraction of sp³-hybridized carbons (Fsp3) is 1.00. The van der Waals surface area contributed by atoms with E-state index in [-0.39, 0.29) is 9.76 Å². The second kappa shape index (κ2) is 5.08. The molecule has 0 unspecified atom stereocenters. The van der Waals surface area contributed by atoms with Crippen LogP contribution in [-0.4, -0.2) is 29.5 Å². The summed E-state index contributed by atoms with van der Waals surface area (Å²) in [5.74, 6) is 0. The van der Waals surface area contributed by atoms with Crippen LogP contribution in [0.3, 0.4) is 0 Å². The van der Waals surface area contributed by atoms with Gasteiger partial charge in [-0.2, -0.15) is 0 Å². The van der Waals surface area contributed by atoms with E-state index < -0.39 is 14.6 Å². The summed E-state index contributed by atoms with van der Waals surface area (Å²) in [7, 11) is -0.803. The highest BCUT2D eigenvalue weighted by atomic mass is 28.3. The molecule has 0 fully saturated rings. The molecular formula is C7H19O2Si2. The summed E-state index contributed by atoms with van der Waals surface area (Å²) in [5.41, 5.74) is -0.495. The molecule has 0 atom stereocenters. The molecular weight excluding hydrogens is 172 g/mol. The van der Waals surface area contributed by atoms with Crippen LogP contribution in [0.5, 0.6) is 0 Å². The Morgan fingerprint density at radius 2 is 2.00 bits per heavy atom. The molecule has 0 saturated carbocycles. The van der Waals surface area contributed by atoms with Crippen LogP contribution in [0, 0.1) is 0 Å². The Labute approximate surface area is 73.6 Å². The molecule has 0 bridgehead atoms. The van der Waals surface area contributed by atoms with Crippen molar-refractivity contribution in [1.82, 2.24) is 0 Å². The summed E-state index contributed by atoms with van der Waals surface area (Å²) in [6.45, 7) is 8.01. The minimum atomic E-state index is -0.495. The van der Waals surface area contributed by atoms with Gasteiger partial charge in [0.1, 0.15) is 9.76 Å². The lowest BCUT2D eigenvalue weighted by Crippen LogP contribution is -2.20. The van der Waals surface area contributed by atoms with E-state index in [0.29, 0.717) is 0 Å². The summed E-state index contributed by atoms with van der Waals surface area (Å²) in [6, 6.07) is 1.10. The van der Waals surface area contributed by atoms with Crippen molar-refractivity contribution in [2.45, 2.75) is 45.0 Å². The van der Waals surface area contributed by atoms with E-state index in [0.717, 1.165) is 12.5 Å². The molecule has 0 aromatic heterocycles.